The SMILES string of the molecule is C=C/C(=C\C(=C)Cl)CN(Cc1cccc(Cl)c1)Sc1ccc(CNC(=O)c2cc3cnccc3[nH]2)cc1. The highest BCUT2D eigenvalue weighted by atomic mass is 35.5. The molecule has 5 nitrogen and oxygen atoms in total. The maximum Gasteiger partial charge on any atom is 0.267 e. The van der Waals surface area contributed by atoms with Gasteiger partial charge in [0, 0.05) is 57.9 Å². The summed E-state index contributed by atoms with van der Waals surface area (Å²) < 4.78 is 2.21. The lowest BCUT2D eigenvalue weighted by atomic mass is 10.2. The van der Waals surface area contributed by atoms with Gasteiger partial charge in [-0.3, -0.25) is 9.78 Å². The van der Waals surface area contributed by atoms with E-state index in [9.17, 15) is 4.79 Å². The summed E-state index contributed by atoms with van der Waals surface area (Å²) in [6, 6.07) is 19.6. The van der Waals surface area contributed by atoms with Crippen LogP contribution in [0.25, 0.3) is 10.9 Å². The fourth-order valence-electron chi connectivity index (χ4n) is 3.72. The van der Waals surface area contributed by atoms with Crippen LogP contribution in [0, 0.1) is 0 Å². The number of aromatic amines is 1. The molecular formula is C29H26Cl2N4OS. The van der Waals surface area contributed by atoms with Crippen LogP contribution in [-0.4, -0.2) is 26.7 Å². The minimum Gasteiger partial charge on any atom is -0.350 e. The van der Waals surface area contributed by atoms with Crippen LogP contribution >= 0.6 is 35.1 Å². The largest absolute Gasteiger partial charge is 0.350 e. The summed E-state index contributed by atoms with van der Waals surface area (Å²) in [5.74, 6) is -0.160. The van der Waals surface area contributed by atoms with E-state index in [1.54, 1.807) is 36.5 Å². The Kier molecular flexibility index (Phi) is 9.25. The van der Waals surface area contributed by atoms with Crippen LogP contribution < -0.4 is 5.32 Å². The third-order valence-corrected chi connectivity index (χ3v) is 6.83. The average Bonchev–Trinajstić information content (AvgIpc) is 3.32. The minimum absolute atomic E-state index is 0.160. The third-order valence-electron chi connectivity index (χ3n) is 5.49. The van der Waals surface area contributed by atoms with Crippen LogP contribution in [0.4, 0.5) is 0 Å². The number of carbonyl (C=O) groups is 1. The topological polar surface area (TPSA) is 61.0 Å². The summed E-state index contributed by atoms with van der Waals surface area (Å²) in [5.41, 5.74) is 4.45. The molecule has 2 N–H and O–H groups in total. The van der Waals surface area contributed by atoms with Crippen molar-refractivity contribution in [1.82, 2.24) is 19.6 Å². The van der Waals surface area contributed by atoms with Gasteiger partial charge in [0.05, 0.1) is 0 Å². The molecule has 4 aromatic rings. The number of allylic oxidation sites excluding steroid dienone is 2. The molecule has 0 radical (unpaired) electrons. The highest BCUT2D eigenvalue weighted by Crippen LogP contribution is 2.27. The number of fused-ring (bicyclic) bond motifs is 1. The zero-order chi connectivity index (χ0) is 26.2. The number of hydrogen-bond acceptors (Lipinski definition) is 4. The van der Waals surface area contributed by atoms with Gasteiger partial charge < -0.3 is 10.3 Å². The molecular weight excluding hydrogens is 523 g/mol. The van der Waals surface area contributed by atoms with Crippen molar-refractivity contribution in [1.29, 1.82) is 0 Å². The molecule has 4 rings (SSSR count). The number of rotatable bonds is 11. The van der Waals surface area contributed by atoms with E-state index in [0.717, 1.165) is 32.5 Å². The first kappa shape index (κ1) is 26.8. The second-order valence-corrected chi connectivity index (χ2v) is 10.5. The van der Waals surface area contributed by atoms with Crippen molar-refractivity contribution >= 4 is 52.0 Å². The molecule has 0 saturated carbocycles. The Labute approximate surface area is 231 Å². The fraction of sp³-hybridized carbons (Fsp3) is 0.103. The van der Waals surface area contributed by atoms with Crippen LogP contribution in [0.5, 0.6) is 0 Å². The van der Waals surface area contributed by atoms with Crippen molar-refractivity contribution in [2.24, 2.45) is 0 Å². The molecule has 0 bridgehead atoms. The maximum absolute atomic E-state index is 12.6. The van der Waals surface area contributed by atoms with Crippen LogP contribution in [-0.2, 0) is 13.1 Å². The van der Waals surface area contributed by atoms with Crippen LogP contribution in [0.1, 0.15) is 21.6 Å². The van der Waals surface area contributed by atoms with Crippen molar-refractivity contribution in [3.8, 4) is 0 Å². The number of H-pyrrole nitrogens is 1. The summed E-state index contributed by atoms with van der Waals surface area (Å²) in [4.78, 5) is 20.9. The summed E-state index contributed by atoms with van der Waals surface area (Å²) in [6.07, 6.45) is 7.03. The molecule has 1 amide bonds. The highest BCUT2D eigenvalue weighted by Gasteiger charge is 2.12. The predicted molar refractivity (Wildman–Crippen MR) is 155 cm³/mol. The van der Waals surface area contributed by atoms with E-state index in [1.807, 2.05) is 60.7 Å². The van der Waals surface area contributed by atoms with E-state index in [1.165, 1.54) is 0 Å². The normalized spacial score (nSPS) is 11.6. The van der Waals surface area contributed by atoms with Gasteiger partial charge in [-0.05, 0) is 71.1 Å². The van der Waals surface area contributed by atoms with Crippen molar-refractivity contribution in [3.63, 3.8) is 0 Å². The second-order valence-electron chi connectivity index (χ2n) is 8.36. The lowest BCUT2D eigenvalue weighted by Gasteiger charge is -2.22. The standard InChI is InChI=1S/C29H26Cl2N4OS/c1-3-21(13-20(2)30)18-35(19-23-5-4-6-25(31)14-23)37-26-9-7-22(8-10-26)16-33-29(36)28-15-24-17-32-12-11-27(24)34-28/h3-15,17,34H,1-2,16,18-19H2,(H,33,36)/b21-13+. The van der Waals surface area contributed by atoms with Crippen LogP contribution in [0.2, 0.25) is 5.02 Å². The summed E-state index contributed by atoms with van der Waals surface area (Å²) in [5, 5.41) is 5.03. The van der Waals surface area contributed by atoms with Gasteiger partial charge in [0.1, 0.15) is 5.69 Å². The zero-order valence-corrected chi connectivity index (χ0v) is 22.4. The Balaban J connectivity index is 1.41. The van der Waals surface area contributed by atoms with Crippen molar-refractivity contribution in [2.45, 2.75) is 18.0 Å². The van der Waals surface area contributed by atoms with E-state index in [0.29, 0.717) is 35.4 Å². The van der Waals surface area contributed by atoms with Gasteiger partial charge >= 0.3 is 0 Å². The van der Waals surface area contributed by atoms with Crippen molar-refractivity contribution < 1.29 is 4.79 Å². The van der Waals surface area contributed by atoms with Crippen molar-refractivity contribution in [3.05, 3.63) is 131 Å². The van der Waals surface area contributed by atoms with E-state index in [-0.39, 0.29) is 5.91 Å². The number of aromatic nitrogens is 2. The molecule has 37 heavy (non-hydrogen) atoms. The fourth-order valence-corrected chi connectivity index (χ4v) is 5.06. The maximum atomic E-state index is 12.6. The monoisotopic (exact) mass is 548 g/mol. The lowest BCUT2D eigenvalue weighted by Crippen LogP contribution is -2.23. The molecule has 0 spiro atoms. The van der Waals surface area contributed by atoms with Gasteiger partial charge in [-0.15, -0.1) is 0 Å². The Hall–Kier alpha value is -3.29. The smallest absolute Gasteiger partial charge is 0.267 e. The molecule has 188 valence electrons. The van der Waals surface area contributed by atoms with Gasteiger partial charge in [0.2, 0.25) is 0 Å². The predicted octanol–water partition coefficient (Wildman–Crippen LogP) is 7.52. The van der Waals surface area contributed by atoms with E-state index < -0.39 is 0 Å². The van der Waals surface area contributed by atoms with Crippen LogP contribution in [0.3, 0.4) is 0 Å². The van der Waals surface area contributed by atoms with E-state index >= 15 is 0 Å². The summed E-state index contributed by atoms with van der Waals surface area (Å²) in [7, 11) is 0. The van der Waals surface area contributed by atoms with Crippen molar-refractivity contribution in [2.75, 3.05) is 6.54 Å². The Bertz CT molecular complexity index is 1410. The molecule has 2 aromatic carbocycles. The molecule has 0 atom stereocenters. The Morgan fingerprint density at radius 3 is 2.65 bits per heavy atom. The lowest BCUT2D eigenvalue weighted by molar-refractivity contribution is 0.0946. The Morgan fingerprint density at radius 1 is 1.14 bits per heavy atom. The number of nitrogens with zero attached hydrogens (tertiary/aromatic N) is 2. The number of halogens is 2. The number of pyridine rings is 1. The molecule has 2 heterocycles. The molecule has 0 saturated heterocycles. The number of carbonyl (C=O) groups excluding carboxylic acids is 1. The Morgan fingerprint density at radius 2 is 1.95 bits per heavy atom. The number of nitrogens with one attached hydrogen (secondary N) is 2. The second kappa shape index (κ2) is 12.8. The summed E-state index contributed by atoms with van der Waals surface area (Å²) in [6.45, 7) is 9.38. The molecule has 0 aliphatic carbocycles. The van der Waals surface area contributed by atoms with E-state index in [4.69, 9.17) is 23.2 Å². The van der Waals surface area contributed by atoms with Gasteiger partial charge in [-0.1, -0.05) is 66.7 Å². The first-order valence-electron chi connectivity index (χ1n) is 11.5. The third kappa shape index (κ3) is 7.84. The molecule has 2 aromatic heterocycles. The first-order chi connectivity index (χ1) is 17.9. The summed E-state index contributed by atoms with van der Waals surface area (Å²) >= 11 is 13.8. The molecule has 0 fully saturated rings. The molecule has 0 aliphatic rings. The molecule has 0 unspecified atom stereocenters. The molecule has 8 heteroatoms. The van der Waals surface area contributed by atoms with Gasteiger partial charge in [0.25, 0.3) is 5.91 Å². The zero-order valence-electron chi connectivity index (χ0n) is 20.1. The van der Waals surface area contributed by atoms with Gasteiger partial charge in [-0.25, -0.2) is 4.31 Å². The van der Waals surface area contributed by atoms with Gasteiger partial charge in [0.15, 0.2) is 0 Å². The number of benzene rings is 2. The van der Waals surface area contributed by atoms with Crippen LogP contribution in [0.15, 0.2) is 114 Å². The average molecular weight is 550 g/mol. The quantitative estimate of drug-likeness (QED) is 0.150. The van der Waals surface area contributed by atoms with E-state index in [2.05, 4.69) is 32.7 Å². The minimum atomic E-state index is -0.160. The molecule has 0 aliphatic heterocycles. The highest BCUT2D eigenvalue weighted by molar-refractivity contribution is 7.97. The first-order valence-corrected chi connectivity index (χ1v) is 13.1. The van der Waals surface area contributed by atoms with Gasteiger partial charge in [-0.2, -0.15) is 0 Å². The number of amides is 1. The number of hydrogen-bond donors (Lipinski definition) is 2.